The Morgan fingerprint density at radius 2 is 1.93 bits per heavy atom. The van der Waals surface area contributed by atoms with Crippen LogP contribution in [0.3, 0.4) is 0 Å². The maximum atomic E-state index is 14.2. The monoisotopic (exact) mass is 393 g/mol. The number of amides is 1. The average molecular weight is 393 g/mol. The molecule has 9 heteroatoms. The molecule has 3 aromatic rings. The molecule has 3 aromatic heterocycles. The molecule has 29 heavy (non-hydrogen) atoms. The number of nitrogens with one attached hydrogen (secondary N) is 2. The molecule has 3 heterocycles. The molecule has 0 saturated heterocycles. The number of hydrogen-bond acceptors (Lipinski definition) is 7. The van der Waals surface area contributed by atoms with Crippen molar-refractivity contribution in [2.75, 3.05) is 17.2 Å². The van der Waals surface area contributed by atoms with E-state index in [1.807, 2.05) is 6.07 Å². The van der Waals surface area contributed by atoms with Gasteiger partial charge in [-0.2, -0.15) is 0 Å². The van der Waals surface area contributed by atoms with Gasteiger partial charge < -0.3 is 5.32 Å². The van der Waals surface area contributed by atoms with Crippen LogP contribution in [0.25, 0.3) is 11.3 Å². The smallest absolute Gasteiger partial charge is 0.229 e. The topological polar surface area (TPSA) is 106 Å². The first kappa shape index (κ1) is 18.9. The van der Waals surface area contributed by atoms with Gasteiger partial charge in [-0.05, 0) is 37.1 Å². The second-order valence-electron chi connectivity index (χ2n) is 7.10. The Balaban J connectivity index is 1.43. The largest absolute Gasteiger partial charge is 0.368 e. The standard InChI is InChI=1S/C20H20FN7O/c1-13(29)26-19-23-10-14(11-24-19)16-5-6-17(28-27-16)25-12-20(7-3-8-20)18-15(21)4-2-9-22-18/h2,4-6,9-11H,3,7-8,12H2,1H3,(H,25,28)(H,23,24,26,29). The van der Waals surface area contributed by atoms with Gasteiger partial charge in [0.1, 0.15) is 11.6 Å². The van der Waals surface area contributed by atoms with Crippen molar-refractivity contribution in [2.24, 2.45) is 0 Å². The third kappa shape index (κ3) is 4.03. The van der Waals surface area contributed by atoms with Crippen molar-refractivity contribution in [1.29, 1.82) is 0 Å². The average Bonchev–Trinajstić information content (AvgIpc) is 2.69. The van der Waals surface area contributed by atoms with E-state index < -0.39 is 0 Å². The van der Waals surface area contributed by atoms with Crippen molar-refractivity contribution in [1.82, 2.24) is 25.1 Å². The van der Waals surface area contributed by atoms with Crippen LogP contribution < -0.4 is 10.6 Å². The number of rotatable bonds is 6. The van der Waals surface area contributed by atoms with E-state index in [1.165, 1.54) is 13.0 Å². The number of anilines is 2. The molecule has 1 aliphatic rings. The van der Waals surface area contributed by atoms with Gasteiger partial charge in [0.15, 0.2) is 0 Å². The summed E-state index contributed by atoms with van der Waals surface area (Å²) in [5, 5.41) is 14.2. The van der Waals surface area contributed by atoms with Gasteiger partial charge in [0, 0.05) is 43.0 Å². The first-order valence-electron chi connectivity index (χ1n) is 9.34. The van der Waals surface area contributed by atoms with Gasteiger partial charge in [-0.1, -0.05) is 6.42 Å². The second-order valence-corrected chi connectivity index (χ2v) is 7.10. The van der Waals surface area contributed by atoms with Crippen LogP contribution in [0.4, 0.5) is 16.2 Å². The highest BCUT2D eigenvalue weighted by molar-refractivity contribution is 5.86. The number of hydrogen-bond donors (Lipinski definition) is 2. The molecule has 0 atom stereocenters. The molecule has 2 N–H and O–H groups in total. The van der Waals surface area contributed by atoms with E-state index in [-0.39, 0.29) is 23.1 Å². The van der Waals surface area contributed by atoms with E-state index in [4.69, 9.17) is 0 Å². The van der Waals surface area contributed by atoms with E-state index in [0.29, 0.717) is 29.3 Å². The normalized spacial score (nSPS) is 14.7. The first-order valence-corrected chi connectivity index (χ1v) is 9.34. The van der Waals surface area contributed by atoms with Gasteiger partial charge in [-0.25, -0.2) is 14.4 Å². The van der Waals surface area contributed by atoms with Gasteiger partial charge in [0.25, 0.3) is 0 Å². The maximum Gasteiger partial charge on any atom is 0.229 e. The Bertz CT molecular complexity index is 1000. The lowest BCUT2D eigenvalue weighted by molar-refractivity contribution is -0.114. The minimum atomic E-state index is -0.306. The molecule has 1 amide bonds. The summed E-state index contributed by atoms with van der Waals surface area (Å²) in [6.45, 7) is 1.94. The highest BCUT2D eigenvalue weighted by Crippen LogP contribution is 2.43. The van der Waals surface area contributed by atoms with Crippen molar-refractivity contribution in [3.05, 3.63) is 54.4 Å². The van der Waals surface area contributed by atoms with Crippen molar-refractivity contribution in [3.8, 4) is 11.3 Å². The van der Waals surface area contributed by atoms with Gasteiger partial charge in [0.05, 0.1) is 11.4 Å². The fraction of sp³-hybridized carbons (Fsp3) is 0.300. The van der Waals surface area contributed by atoms with E-state index in [9.17, 15) is 9.18 Å². The molecule has 148 valence electrons. The fourth-order valence-electron chi connectivity index (χ4n) is 3.40. The molecule has 0 unspecified atom stereocenters. The molecular formula is C20H20FN7O. The number of nitrogens with zero attached hydrogens (tertiary/aromatic N) is 5. The lowest BCUT2D eigenvalue weighted by Gasteiger charge is -2.41. The van der Waals surface area contributed by atoms with Crippen molar-refractivity contribution in [3.63, 3.8) is 0 Å². The Hall–Kier alpha value is -3.49. The van der Waals surface area contributed by atoms with Gasteiger partial charge in [0.2, 0.25) is 11.9 Å². The highest BCUT2D eigenvalue weighted by Gasteiger charge is 2.41. The molecule has 8 nitrogen and oxygen atoms in total. The predicted octanol–water partition coefficient (Wildman–Crippen LogP) is 2.96. The summed E-state index contributed by atoms with van der Waals surface area (Å²) >= 11 is 0. The summed E-state index contributed by atoms with van der Waals surface area (Å²) in [5.74, 6) is 0.341. The third-order valence-electron chi connectivity index (χ3n) is 5.08. The van der Waals surface area contributed by atoms with E-state index in [2.05, 4.69) is 35.8 Å². The number of aromatic nitrogens is 5. The molecule has 0 aliphatic heterocycles. The molecule has 1 aliphatic carbocycles. The molecule has 1 saturated carbocycles. The van der Waals surface area contributed by atoms with Crippen LogP contribution in [-0.4, -0.2) is 37.6 Å². The molecule has 0 bridgehead atoms. The quantitative estimate of drug-likeness (QED) is 0.663. The number of carbonyl (C=O) groups is 1. The van der Waals surface area contributed by atoms with Crippen LogP contribution in [0.2, 0.25) is 0 Å². The Morgan fingerprint density at radius 3 is 2.52 bits per heavy atom. The Labute approximate surface area is 167 Å². The number of halogens is 1. The van der Waals surface area contributed by atoms with Crippen LogP contribution in [0, 0.1) is 5.82 Å². The van der Waals surface area contributed by atoms with E-state index in [1.54, 1.807) is 30.7 Å². The predicted molar refractivity (Wildman–Crippen MR) is 106 cm³/mol. The van der Waals surface area contributed by atoms with E-state index in [0.717, 1.165) is 19.3 Å². The van der Waals surface area contributed by atoms with Crippen molar-refractivity contribution >= 4 is 17.7 Å². The minimum Gasteiger partial charge on any atom is -0.368 e. The van der Waals surface area contributed by atoms with Crippen LogP contribution in [0.5, 0.6) is 0 Å². The molecule has 4 rings (SSSR count). The summed E-state index contributed by atoms with van der Waals surface area (Å²) in [6.07, 6.45) is 7.60. The van der Waals surface area contributed by atoms with Gasteiger partial charge >= 0.3 is 0 Å². The summed E-state index contributed by atoms with van der Waals surface area (Å²) in [6, 6.07) is 6.68. The zero-order valence-corrected chi connectivity index (χ0v) is 15.9. The van der Waals surface area contributed by atoms with Crippen LogP contribution in [-0.2, 0) is 10.2 Å². The third-order valence-corrected chi connectivity index (χ3v) is 5.08. The summed E-state index contributed by atoms with van der Waals surface area (Å²) < 4.78 is 14.2. The molecule has 0 aromatic carbocycles. The second kappa shape index (κ2) is 7.86. The highest BCUT2D eigenvalue weighted by atomic mass is 19.1. The minimum absolute atomic E-state index is 0.234. The summed E-state index contributed by atoms with van der Waals surface area (Å²) in [5.41, 5.74) is 1.50. The molecule has 1 fully saturated rings. The van der Waals surface area contributed by atoms with Crippen molar-refractivity contribution in [2.45, 2.75) is 31.6 Å². The maximum absolute atomic E-state index is 14.2. The van der Waals surface area contributed by atoms with Crippen LogP contribution >= 0.6 is 0 Å². The summed E-state index contributed by atoms with van der Waals surface area (Å²) in [4.78, 5) is 23.5. The fourth-order valence-corrected chi connectivity index (χ4v) is 3.40. The Kier molecular flexibility index (Phi) is 5.11. The van der Waals surface area contributed by atoms with Gasteiger partial charge in [-0.3, -0.25) is 15.1 Å². The molecule has 0 radical (unpaired) electrons. The molecule has 0 spiro atoms. The number of pyridine rings is 1. The zero-order valence-electron chi connectivity index (χ0n) is 15.9. The SMILES string of the molecule is CC(=O)Nc1ncc(-c2ccc(NCC3(c4ncccc4F)CCC3)nn2)cn1. The number of carbonyl (C=O) groups excluding carboxylic acids is 1. The zero-order chi connectivity index (χ0) is 20.3. The van der Waals surface area contributed by atoms with Crippen LogP contribution in [0.15, 0.2) is 42.9 Å². The Morgan fingerprint density at radius 1 is 1.14 bits per heavy atom. The molecular weight excluding hydrogens is 373 g/mol. The summed E-state index contributed by atoms with van der Waals surface area (Å²) in [7, 11) is 0. The van der Waals surface area contributed by atoms with Crippen molar-refractivity contribution < 1.29 is 9.18 Å². The van der Waals surface area contributed by atoms with Gasteiger partial charge in [-0.15, -0.1) is 10.2 Å². The first-order chi connectivity index (χ1) is 14.1. The van der Waals surface area contributed by atoms with E-state index >= 15 is 0 Å². The lowest BCUT2D eigenvalue weighted by atomic mass is 9.66. The lowest BCUT2D eigenvalue weighted by Crippen LogP contribution is -2.42. The van der Waals surface area contributed by atoms with Crippen LogP contribution in [0.1, 0.15) is 31.9 Å².